The number of nitrogens with one attached hydrogen (secondary N) is 1. The molecule has 3 aliphatic carbocycles. The molecule has 1 aromatic carbocycles. The molecule has 0 unspecified atom stereocenters. The van der Waals surface area contributed by atoms with Crippen molar-refractivity contribution >= 4 is 17.5 Å². The van der Waals surface area contributed by atoms with Crippen molar-refractivity contribution in [1.29, 1.82) is 5.26 Å². The van der Waals surface area contributed by atoms with Crippen molar-refractivity contribution in [3.05, 3.63) is 35.4 Å². The van der Waals surface area contributed by atoms with Crippen molar-refractivity contribution in [2.45, 2.75) is 50.7 Å². The van der Waals surface area contributed by atoms with E-state index >= 15 is 0 Å². The van der Waals surface area contributed by atoms with Gasteiger partial charge in [-0.05, 0) is 42.9 Å². The lowest BCUT2D eigenvalue weighted by Gasteiger charge is -2.30. The van der Waals surface area contributed by atoms with Crippen LogP contribution in [0.1, 0.15) is 44.1 Å². The lowest BCUT2D eigenvalue weighted by Crippen LogP contribution is -2.43. The molecule has 2 amide bonds. The Balaban J connectivity index is 1.36. The predicted octanol–water partition coefficient (Wildman–Crippen LogP) is 2.79. The third-order valence-corrected chi connectivity index (χ3v) is 7.91. The van der Waals surface area contributed by atoms with Crippen molar-refractivity contribution in [1.82, 2.24) is 10.4 Å². The molecule has 1 aromatic rings. The van der Waals surface area contributed by atoms with Crippen molar-refractivity contribution < 1.29 is 19.2 Å². The average molecular weight is 419 g/mol. The van der Waals surface area contributed by atoms with Crippen molar-refractivity contribution in [3.8, 4) is 11.8 Å². The lowest BCUT2D eigenvalue weighted by atomic mass is 9.76. The van der Waals surface area contributed by atoms with Gasteiger partial charge in [0.1, 0.15) is 17.9 Å². The number of para-hydroxylation sites is 1. The Hall–Kier alpha value is -2.85. The van der Waals surface area contributed by atoms with Gasteiger partial charge >= 0.3 is 0 Å². The number of carbonyl (C=O) groups excluding carboxylic acids is 2. The monoisotopic (exact) mass is 419 g/mol. The van der Waals surface area contributed by atoms with Crippen LogP contribution >= 0.6 is 0 Å². The zero-order valence-corrected chi connectivity index (χ0v) is 17.3. The highest BCUT2D eigenvalue weighted by Crippen LogP contribution is 2.62. The summed E-state index contributed by atoms with van der Waals surface area (Å²) in [6.07, 6.45) is 5.88. The fourth-order valence-electron chi connectivity index (χ4n) is 6.75. The summed E-state index contributed by atoms with van der Waals surface area (Å²) in [5, 5.41) is 8.91. The summed E-state index contributed by atoms with van der Waals surface area (Å²) in [6.45, 7) is -0.0377. The number of carbonyl (C=O) groups is 2. The fraction of sp³-hybridized carbons (Fsp3) is 0.542. The lowest BCUT2D eigenvalue weighted by molar-refractivity contribution is -0.144. The number of nitrogens with zero attached hydrogens (tertiary/aromatic N) is 2. The Labute approximate surface area is 180 Å². The Morgan fingerprint density at radius 1 is 1.13 bits per heavy atom. The molecule has 3 saturated carbocycles. The Bertz CT molecular complexity index is 1020. The minimum atomic E-state index is -0.267. The van der Waals surface area contributed by atoms with Crippen LogP contribution in [0.15, 0.2) is 29.8 Å². The van der Waals surface area contributed by atoms with Gasteiger partial charge in [-0.1, -0.05) is 31.4 Å². The SMILES string of the molecule is N#CCOc1ccccc1C1=C2[C@@H]3C[C@@H]([C@@H]4C(=O)N(C5CCCCC5)C(=O)[C@@H]43)[C@H]2ON1. The number of hydrogen-bond donors (Lipinski definition) is 1. The molecule has 2 heterocycles. The molecule has 1 N–H and O–H groups in total. The molecule has 2 bridgehead atoms. The van der Waals surface area contributed by atoms with Crippen molar-refractivity contribution in [2.24, 2.45) is 23.7 Å². The topological polar surface area (TPSA) is 91.7 Å². The van der Waals surface area contributed by atoms with Crippen LogP contribution in [0.25, 0.3) is 5.70 Å². The quantitative estimate of drug-likeness (QED) is 0.755. The summed E-state index contributed by atoms with van der Waals surface area (Å²) in [5.74, 6) is 0.200. The largest absolute Gasteiger partial charge is 0.478 e. The second-order valence-corrected chi connectivity index (χ2v) is 9.31. The van der Waals surface area contributed by atoms with Gasteiger partial charge in [-0.3, -0.25) is 24.8 Å². The number of fused-ring (bicyclic) bond motifs is 8. The molecule has 4 fully saturated rings. The van der Waals surface area contributed by atoms with E-state index in [0.29, 0.717) is 5.75 Å². The smallest absolute Gasteiger partial charge is 0.233 e. The molecule has 31 heavy (non-hydrogen) atoms. The van der Waals surface area contributed by atoms with Gasteiger partial charge in [0, 0.05) is 17.5 Å². The molecule has 6 rings (SSSR count). The van der Waals surface area contributed by atoms with E-state index in [1.165, 1.54) is 6.42 Å². The molecular formula is C24H25N3O4. The maximum Gasteiger partial charge on any atom is 0.233 e. The molecule has 7 heteroatoms. The first-order valence-corrected chi connectivity index (χ1v) is 11.3. The average Bonchev–Trinajstić information content (AvgIpc) is 3.53. The second-order valence-electron chi connectivity index (χ2n) is 9.31. The molecule has 2 aliphatic heterocycles. The van der Waals surface area contributed by atoms with Gasteiger partial charge in [-0.25, -0.2) is 0 Å². The molecule has 1 saturated heterocycles. The Morgan fingerprint density at radius 3 is 2.71 bits per heavy atom. The number of imide groups is 1. The number of benzene rings is 1. The minimum absolute atomic E-state index is 0.0130. The number of hydroxylamine groups is 1. The van der Waals surface area contributed by atoms with Crippen LogP contribution in [0.5, 0.6) is 5.75 Å². The van der Waals surface area contributed by atoms with Crippen molar-refractivity contribution in [2.75, 3.05) is 6.61 Å². The van der Waals surface area contributed by atoms with Crippen LogP contribution < -0.4 is 10.2 Å². The van der Waals surface area contributed by atoms with E-state index in [1.807, 2.05) is 30.3 Å². The van der Waals surface area contributed by atoms with E-state index in [4.69, 9.17) is 14.8 Å². The van der Waals surface area contributed by atoms with Gasteiger partial charge in [-0.2, -0.15) is 5.26 Å². The van der Waals surface area contributed by atoms with Crippen LogP contribution in [0, 0.1) is 35.0 Å². The number of rotatable bonds is 4. The predicted molar refractivity (Wildman–Crippen MR) is 110 cm³/mol. The molecule has 5 atom stereocenters. The first-order chi connectivity index (χ1) is 15.2. The summed E-state index contributed by atoms with van der Waals surface area (Å²) in [5.41, 5.74) is 5.82. The summed E-state index contributed by atoms with van der Waals surface area (Å²) < 4.78 is 5.63. The standard InChI is InChI=1S/C24H25N3O4/c25-10-11-30-17-9-5-4-8-14(17)21-20-15-12-16(22(20)31-26-21)19-18(15)23(28)27(24(19)29)13-6-2-1-3-7-13/h4-5,8-9,13,15-16,18-19,22,26H,1-3,6-7,11-12H2/t15-,16+,18-,19+,22-/m1/s1. The molecule has 5 aliphatic rings. The normalized spacial score (nSPS) is 34.0. The van der Waals surface area contributed by atoms with Gasteiger partial charge in [0.2, 0.25) is 11.8 Å². The number of hydrogen-bond acceptors (Lipinski definition) is 6. The summed E-state index contributed by atoms with van der Waals surface area (Å²) in [7, 11) is 0. The van der Waals surface area contributed by atoms with E-state index in [2.05, 4.69) is 5.48 Å². The summed E-state index contributed by atoms with van der Waals surface area (Å²) in [6, 6.07) is 9.64. The minimum Gasteiger partial charge on any atom is -0.478 e. The van der Waals surface area contributed by atoms with E-state index < -0.39 is 0 Å². The van der Waals surface area contributed by atoms with Gasteiger partial charge in [0.15, 0.2) is 6.61 Å². The summed E-state index contributed by atoms with van der Waals surface area (Å²) >= 11 is 0. The van der Waals surface area contributed by atoms with Crippen LogP contribution in [-0.4, -0.2) is 35.5 Å². The van der Waals surface area contributed by atoms with E-state index in [-0.39, 0.29) is 54.2 Å². The van der Waals surface area contributed by atoms with Crippen LogP contribution in [0.2, 0.25) is 0 Å². The first kappa shape index (κ1) is 18.9. The second kappa shape index (κ2) is 7.10. The highest BCUT2D eigenvalue weighted by atomic mass is 16.7. The van der Waals surface area contributed by atoms with Gasteiger partial charge in [-0.15, -0.1) is 0 Å². The highest BCUT2D eigenvalue weighted by Gasteiger charge is 2.68. The zero-order valence-electron chi connectivity index (χ0n) is 17.3. The Kier molecular flexibility index (Phi) is 4.32. The van der Waals surface area contributed by atoms with Crippen molar-refractivity contribution in [3.63, 3.8) is 0 Å². The van der Waals surface area contributed by atoms with Crippen LogP contribution in [0.3, 0.4) is 0 Å². The van der Waals surface area contributed by atoms with Gasteiger partial charge in [0.25, 0.3) is 0 Å². The van der Waals surface area contributed by atoms with E-state index in [1.54, 1.807) is 4.90 Å². The van der Waals surface area contributed by atoms with E-state index in [9.17, 15) is 9.59 Å². The number of ether oxygens (including phenoxy) is 1. The molecular weight excluding hydrogens is 394 g/mol. The molecule has 7 nitrogen and oxygen atoms in total. The number of nitriles is 1. The van der Waals surface area contributed by atoms with E-state index in [0.717, 1.165) is 48.9 Å². The summed E-state index contributed by atoms with van der Waals surface area (Å²) in [4.78, 5) is 34.5. The zero-order chi connectivity index (χ0) is 21.1. The fourth-order valence-corrected chi connectivity index (χ4v) is 6.75. The van der Waals surface area contributed by atoms with Gasteiger partial charge < -0.3 is 4.74 Å². The third-order valence-electron chi connectivity index (χ3n) is 7.91. The van der Waals surface area contributed by atoms with Gasteiger partial charge in [0.05, 0.1) is 17.5 Å². The maximum absolute atomic E-state index is 13.5. The molecule has 0 spiro atoms. The van der Waals surface area contributed by atoms with Crippen LogP contribution in [-0.2, 0) is 14.4 Å². The number of likely N-dealkylation sites (tertiary alicyclic amines) is 1. The highest BCUT2D eigenvalue weighted by molar-refractivity contribution is 6.07. The first-order valence-electron chi connectivity index (χ1n) is 11.3. The molecule has 160 valence electrons. The number of amides is 2. The maximum atomic E-state index is 13.5. The Morgan fingerprint density at radius 2 is 1.90 bits per heavy atom. The third kappa shape index (κ3) is 2.61. The van der Waals surface area contributed by atoms with Crippen LogP contribution in [0.4, 0.5) is 0 Å². The molecule has 0 radical (unpaired) electrons. The molecule has 0 aromatic heterocycles.